The minimum absolute atomic E-state index is 0.632. The Morgan fingerprint density at radius 1 is 0.643 bits per heavy atom. The summed E-state index contributed by atoms with van der Waals surface area (Å²) in [4.78, 5) is 0. The predicted octanol–water partition coefficient (Wildman–Crippen LogP) is 3.92. The molecule has 1 aliphatic heterocycles. The van der Waals surface area contributed by atoms with Crippen LogP contribution in [0.4, 0.5) is 0 Å². The molecule has 1 unspecified atom stereocenters. The zero-order valence-corrected chi connectivity index (χ0v) is 9.34. The predicted molar refractivity (Wildman–Crippen MR) is 59.4 cm³/mol. The maximum atomic E-state index is 5.83. The number of ether oxygens (including phenoxy) is 1. The van der Waals surface area contributed by atoms with Crippen LogP contribution in [-0.2, 0) is 4.74 Å². The van der Waals surface area contributed by atoms with Crippen molar-refractivity contribution in [1.29, 1.82) is 0 Å². The van der Waals surface area contributed by atoms with Crippen molar-refractivity contribution in [2.75, 3.05) is 6.61 Å². The summed E-state index contributed by atoms with van der Waals surface area (Å²) in [5.74, 6) is 0.899. The van der Waals surface area contributed by atoms with Crippen LogP contribution in [0, 0.1) is 5.92 Å². The van der Waals surface area contributed by atoms with Gasteiger partial charge < -0.3 is 4.74 Å². The summed E-state index contributed by atoms with van der Waals surface area (Å²) >= 11 is 0. The van der Waals surface area contributed by atoms with Crippen molar-refractivity contribution >= 4 is 0 Å². The van der Waals surface area contributed by atoms with Crippen molar-refractivity contribution in [1.82, 2.24) is 0 Å². The molecule has 1 nitrogen and oxygen atoms in total. The van der Waals surface area contributed by atoms with Gasteiger partial charge in [-0.25, -0.2) is 0 Å². The Bertz CT molecular complexity index is 139. The van der Waals surface area contributed by atoms with Crippen molar-refractivity contribution in [3.05, 3.63) is 0 Å². The zero-order chi connectivity index (χ0) is 9.64. The first-order valence-corrected chi connectivity index (χ1v) is 6.58. The highest BCUT2D eigenvalue weighted by Crippen LogP contribution is 2.30. The van der Waals surface area contributed by atoms with Crippen molar-refractivity contribution < 1.29 is 4.74 Å². The summed E-state index contributed by atoms with van der Waals surface area (Å²) in [6.07, 6.45) is 14.9. The van der Waals surface area contributed by atoms with Crippen LogP contribution < -0.4 is 0 Å². The molecule has 0 amide bonds. The maximum Gasteiger partial charge on any atom is 0.0604 e. The molecule has 1 aliphatic carbocycles. The van der Waals surface area contributed by atoms with E-state index in [0.29, 0.717) is 6.10 Å². The molecule has 14 heavy (non-hydrogen) atoms. The third-order valence-electron chi connectivity index (χ3n) is 3.89. The van der Waals surface area contributed by atoms with E-state index in [9.17, 15) is 0 Å². The topological polar surface area (TPSA) is 9.23 Å². The van der Waals surface area contributed by atoms with Crippen molar-refractivity contribution in [2.24, 2.45) is 5.92 Å². The Labute approximate surface area is 88.2 Å². The van der Waals surface area contributed by atoms with Crippen molar-refractivity contribution in [2.45, 2.75) is 70.3 Å². The van der Waals surface area contributed by atoms with E-state index in [1.165, 1.54) is 64.2 Å². The molecule has 1 heteroatoms. The molecule has 0 spiro atoms. The Morgan fingerprint density at radius 3 is 1.86 bits per heavy atom. The van der Waals surface area contributed by atoms with Gasteiger partial charge >= 0.3 is 0 Å². The largest absolute Gasteiger partial charge is 0.378 e. The number of rotatable bonds is 1. The number of hydrogen-bond acceptors (Lipinski definition) is 1. The maximum absolute atomic E-state index is 5.83. The fourth-order valence-corrected chi connectivity index (χ4v) is 3.01. The normalized spacial score (nSPS) is 32.1. The molecular weight excluding hydrogens is 172 g/mol. The van der Waals surface area contributed by atoms with Gasteiger partial charge in [0.05, 0.1) is 6.10 Å². The smallest absolute Gasteiger partial charge is 0.0604 e. The van der Waals surface area contributed by atoms with E-state index in [1.807, 2.05) is 0 Å². The molecule has 1 saturated heterocycles. The SMILES string of the molecule is C1CCCCC(C2CCCO2)CCC1. The summed E-state index contributed by atoms with van der Waals surface area (Å²) in [6.45, 7) is 1.03. The Hall–Kier alpha value is -0.0400. The molecule has 1 heterocycles. The van der Waals surface area contributed by atoms with Crippen LogP contribution in [0.1, 0.15) is 64.2 Å². The van der Waals surface area contributed by atoms with Crippen molar-refractivity contribution in [3.8, 4) is 0 Å². The van der Waals surface area contributed by atoms with E-state index in [1.54, 1.807) is 0 Å². The van der Waals surface area contributed by atoms with E-state index >= 15 is 0 Å². The second-order valence-electron chi connectivity index (χ2n) is 5.01. The highest BCUT2D eigenvalue weighted by Gasteiger charge is 2.25. The first-order valence-electron chi connectivity index (χ1n) is 6.58. The molecule has 0 N–H and O–H groups in total. The molecule has 2 aliphatic rings. The minimum Gasteiger partial charge on any atom is -0.378 e. The van der Waals surface area contributed by atoms with Gasteiger partial charge in [-0.3, -0.25) is 0 Å². The van der Waals surface area contributed by atoms with E-state index in [-0.39, 0.29) is 0 Å². The second-order valence-corrected chi connectivity index (χ2v) is 5.01. The first kappa shape index (κ1) is 10.5. The van der Waals surface area contributed by atoms with E-state index in [2.05, 4.69) is 0 Å². The third kappa shape index (κ3) is 2.98. The Balaban J connectivity index is 1.80. The quantitative estimate of drug-likeness (QED) is 0.617. The van der Waals surface area contributed by atoms with Gasteiger partial charge in [0.2, 0.25) is 0 Å². The van der Waals surface area contributed by atoms with Crippen LogP contribution in [0.15, 0.2) is 0 Å². The van der Waals surface area contributed by atoms with Crippen LogP contribution >= 0.6 is 0 Å². The standard InChI is InChI=1S/C13H24O/c1-2-4-6-9-12(8-5-3-1)13-10-7-11-14-13/h12-13H,1-11H2. The highest BCUT2D eigenvalue weighted by molar-refractivity contribution is 4.75. The molecule has 82 valence electrons. The average Bonchev–Trinajstić information content (AvgIpc) is 2.75. The Morgan fingerprint density at radius 2 is 1.29 bits per heavy atom. The van der Waals surface area contributed by atoms with Crippen LogP contribution in [-0.4, -0.2) is 12.7 Å². The third-order valence-corrected chi connectivity index (χ3v) is 3.89. The molecule has 0 bridgehead atoms. The van der Waals surface area contributed by atoms with Crippen LogP contribution in [0.2, 0.25) is 0 Å². The van der Waals surface area contributed by atoms with E-state index < -0.39 is 0 Å². The molecule has 0 aromatic heterocycles. The highest BCUT2D eigenvalue weighted by atomic mass is 16.5. The summed E-state index contributed by atoms with van der Waals surface area (Å²) in [5.41, 5.74) is 0. The van der Waals surface area contributed by atoms with Crippen LogP contribution in [0.25, 0.3) is 0 Å². The lowest BCUT2D eigenvalue weighted by Gasteiger charge is -2.22. The van der Waals surface area contributed by atoms with Gasteiger partial charge in [0.15, 0.2) is 0 Å². The van der Waals surface area contributed by atoms with Gasteiger partial charge in [-0.15, -0.1) is 0 Å². The molecular formula is C13H24O. The molecule has 1 atom stereocenters. The zero-order valence-electron chi connectivity index (χ0n) is 9.34. The molecule has 2 rings (SSSR count). The molecule has 2 fully saturated rings. The van der Waals surface area contributed by atoms with Gasteiger partial charge in [-0.05, 0) is 31.6 Å². The van der Waals surface area contributed by atoms with Gasteiger partial charge in [0, 0.05) is 6.61 Å². The molecule has 0 aromatic rings. The van der Waals surface area contributed by atoms with Gasteiger partial charge in [0.1, 0.15) is 0 Å². The monoisotopic (exact) mass is 196 g/mol. The number of hydrogen-bond donors (Lipinski definition) is 0. The summed E-state index contributed by atoms with van der Waals surface area (Å²) in [7, 11) is 0. The summed E-state index contributed by atoms with van der Waals surface area (Å²) < 4.78 is 5.83. The van der Waals surface area contributed by atoms with Crippen molar-refractivity contribution in [3.63, 3.8) is 0 Å². The van der Waals surface area contributed by atoms with E-state index in [0.717, 1.165) is 12.5 Å². The lowest BCUT2D eigenvalue weighted by molar-refractivity contribution is 0.0546. The van der Waals surface area contributed by atoms with Crippen LogP contribution in [0.3, 0.4) is 0 Å². The van der Waals surface area contributed by atoms with Gasteiger partial charge in [-0.2, -0.15) is 0 Å². The minimum atomic E-state index is 0.632. The summed E-state index contributed by atoms with van der Waals surface area (Å²) in [5, 5.41) is 0. The fraction of sp³-hybridized carbons (Fsp3) is 1.00. The molecule has 0 aromatic carbocycles. The Kier molecular flexibility index (Phi) is 4.30. The molecule has 0 radical (unpaired) electrons. The summed E-state index contributed by atoms with van der Waals surface area (Å²) in [6, 6.07) is 0. The van der Waals surface area contributed by atoms with Gasteiger partial charge in [0.25, 0.3) is 0 Å². The average molecular weight is 196 g/mol. The first-order chi connectivity index (χ1) is 6.97. The second kappa shape index (κ2) is 5.75. The lowest BCUT2D eigenvalue weighted by Crippen LogP contribution is -2.19. The van der Waals surface area contributed by atoms with Crippen LogP contribution in [0.5, 0.6) is 0 Å². The lowest BCUT2D eigenvalue weighted by atomic mass is 9.90. The van der Waals surface area contributed by atoms with E-state index in [4.69, 9.17) is 4.74 Å². The fourth-order valence-electron chi connectivity index (χ4n) is 3.01. The van der Waals surface area contributed by atoms with Gasteiger partial charge in [-0.1, -0.05) is 38.5 Å². The molecule has 1 saturated carbocycles.